The molecule has 0 spiro atoms. The molecule has 0 radical (unpaired) electrons. The van der Waals surface area contributed by atoms with Gasteiger partial charge in [0.15, 0.2) is 0 Å². The van der Waals surface area contributed by atoms with Gasteiger partial charge in [-0.3, -0.25) is 0 Å². The predicted octanol–water partition coefficient (Wildman–Crippen LogP) is 7.18. The maximum absolute atomic E-state index is 12.3. The first-order valence-corrected chi connectivity index (χ1v) is 10.6. The fourth-order valence-corrected chi connectivity index (χ4v) is 6.01. The molecule has 0 saturated heterocycles. The molecule has 1 heteroatoms. The van der Waals surface area contributed by atoms with E-state index in [4.69, 9.17) is 0 Å². The summed E-state index contributed by atoms with van der Waals surface area (Å²) in [6.45, 7) is 14.3. The lowest BCUT2D eigenvalue weighted by Gasteiger charge is -2.49. The molecule has 3 unspecified atom stereocenters. The molecule has 0 bridgehead atoms. The Bertz CT molecular complexity index is 424. The molecule has 0 amide bonds. The first kappa shape index (κ1) is 20.0. The van der Waals surface area contributed by atoms with Crippen LogP contribution in [0.25, 0.3) is 0 Å². The van der Waals surface area contributed by atoms with Crippen molar-refractivity contribution >= 4 is 6.29 Å². The fourth-order valence-electron chi connectivity index (χ4n) is 6.01. The van der Waals surface area contributed by atoms with Gasteiger partial charge in [-0.05, 0) is 60.7 Å². The van der Waals surface area contributed by atoms with Crippen LogP contribution in [0.5, 0.6) is 0 Å². The van der Waals surface area contributed by atoms with Crippen LogP contribution in [0.3, 0.4) is 0 Å². The SMILES string of the molecule is CC1CCC(C)(C2(C)CCCCCCC2)CCC1(C=O)C(C)(C)C. The second-order valence-corrected chi connectivity index (χ2v) is 10.7. The first-order chi connectivity index (χ1) is 11.1. The molecular formula is C23H42O. The number of rotatable bonds is 2. The lowest BCUT2D eigenvalue weighted by Crippen LogP contribution is -2.43. The zero-order valence-electron chi connectivity index (χ0n) is 17.3. The molecule has 0 aromatic heterocycles. The summed E-state index contributed by atoms with van der Waals surface area (Å²) < 4.78 is 0. The number of carbonyl (C=O) groups excluding carboxylic acids is 1. The highest BCUT2D eigenvalue weighted by Crippen LogP contribution is 2.60. The minimum Gasteiger partial charge on any atom is -0.303 e. The van der Waals surface area contributed by atoms with Crippen molar-refractivity contribution in [3.63, 3.8) is 0 Å². The standard InChI is InChI=1S/C23H42O/c1-19-12-15-22(6,16-17-23(19,18-24)20(2,3)4)21(5)13-10-8-7-9-11-14-21/h18-19H,7-17H2,1-6H3. The van der Waals surface area contributed by atoms with E-state index in [0.29, 0.717) is 16.7 Å². The van der Waals surface area contributed by atoms with Gasteiger partial charge in [0.05, 0.1) is 0 Å². The van der Waals surface area contributed by atoms with Gasteiger partial charge in [-0.15, -0.1) is 0 Å². The molecule has 24 heavy (non-hydrogen) atoms. The number of aldehydes is 1. The van der Waals surface area contributed by atoms with Crippen molar-refractivity contribution in [1.82, 2.24) is 0 Å². The van der Waals surface area contributed by atoms with E-state index in [-0.39, 0.29) is 10.8 Å². The second-order valence-electron chi connectivity index (χ2n) is 10.7. The molecule has 3 atom stereocenters. The quantitative estimate of drug-likeness (QED) is 0.386. The highest BCUT2D eigenvalue weighted by Gasteiger charge is 2.52. The number of hydrogen-bond donors (Lipinski definition) is 0. The number of carbonyl (C=O) groups is 1. The monoisotopic (exact) mass is 334 g/mol. The Labute approximate surface area is 151 Å². The van der Waals surface area contributed by atoms with Crippen LogP contribution < -0.4 is 0 Å². The fraction of sp³-hybridized carbons (Fsp3) is 0.957. The van der Waals surface area contributed by atoms with Crippen molar-refractivity contribution in [3.05, 3.63) is 0 Å². The first-order valence-electron chi connectivity index (χ1n) is 10.6. The second kappa shape index (κ2) is 7.12. The molecule has 140 valence electrons. The molecule has 0 aromatic rings. The molecule has 0 aliphatic heterocycles. The Morgan fingerprint density at radius 1 is 0.792 bits per heavy atom. The van der Waals surface area contributed by atoms with Gasteiger partial charge in [-0.1, -0.05) is 73.6 Å². The summed E-state index contributed by atoms with van der Waals surface area (Å²) in [6, 6.07) is 0. The summed E-state index contributed by atoms with van der Waals surface area (Å²) in [5.41, 5.74) is 0.766. The van der Waals surface area contributed by atoms with E-state index in [9.17, 15) is 4.79 Å². The Kier molecular flexibility index (Phi) is 5.93. The van der Waals surface area contributed by atoms with Crippen molar-refractivity contribution in [3.8, 4) is 0 Å². The van der Waals surface area contributed by atoms with Gasteiger partial charge < -0.3 is 4.79 Å². The van der Waals surface area contributed by atoms with Gasteiger partial charge >= 0.3 is 0 Å². The maximum atomic E-state index is 12.3. The number of hydrogen-bond acceptors (Lipinski definition) is 1. The van der Waals surface area contributed by atoms with Crippen LogP contribution in [0.4, 0.5) is 0 Å². The Morgan fingerprint density at radius 2 is 1.29 bits per heavy atom. The van der Waals surface area contributed by atoms with Crippen molar-refractivity contribution in [2.75, 3.05) is 0 Å². The molecule has 2 fully saturated rings. The third kappa shape index (κ3) is 3.47. The van der Waals surface area contributed by atoms with Crippen LogP contribution in [0.15, 0.2) is 0 Å². The molecule has 0 heterocycles. The van der Waals surface area contributed by atoms with Crippen LogP contribution in [-0.2, 0) is 4.79 Å². The predicted molar refractivity (Wildman–Crippen MR) is 104 cm³/mol. The van der Waals surface area contributed by atoms with Gasteiger partial charge in [-0.25, -0.2) is 0 Å². The molecule has 0 N–H and O–H groups in total. The highest BCUT2D eigenvalue weighted by molar-refractivity contribution is 5.61. The lowest BCUT2D eigenvalue weighted by molar-refractivity contribution is -0.127. The zero-order chi connectivity index (χ0) is 18.1. The van der Waals surface area contributed by atoms with Crippen LogP contribution >= 0.6 is 0 Å². The van der Waals surface area contributed by atoms with Gasteiger partial charge in [0, 0.05) is 5.41 Å². The topological polar surface area (TPSA) is 17.1 Å². The van der Waals surface area contributed by atoms with Crippen molar-refractivity contribution in [1.29, 1.82) is 0 Å². The smallest absolute Gasteiger partial charge is 0.126 e. The zero-order valence-corrected chi connectivity index (χ0v) is 17.3. The van der Waals surface area contributed by atoms with Crippen LogP contribution in [-0.4, -0.2) is 6.29 Å². The summed E-state index contributed by atoms with van der Waals surface area (Å²) in [6.07, 6.45) is 16.0. The minimum absolute atomic E-state index is 0.0568. The molecule has 2 aliphatic rings. The molecule has 1 nitrogen and oxygen atoms in total. The van der Waals surface area contributed by atoms with Crippen LogP contribution in [0.1, 0.15) is 112 Å². The van der Waals surface area contributed by atoms with E-state index in [1.54, 1.807) is 0 Å². The average molecular weight is 335 g/mol. The van der Waals surface area contributed by atoms with Gasteiger partial charge in [-0.2, -0.15) is 0 Å². The summed E-state index contributed by atoms with van der Waals surface area (Å²) in [7, 11) is 0. The van der Waals surface area contributed by atoms with E-state index in [0.717, 1.165) is 6.42 Å². The van der Waals surface area contributed by atoms with E-state index >= 15 is 0 Å². The molecule has 0 aromatic carbocycles. The minimum atomic E-state index is -0.150. The van der Waals surface area contributed by atoms with E-state index in [1.165, 1.54) is 70.5 Å². The molecule has 2 saturated carbocycles. The maximum Gasteiger partial charge on any atom is 0.126 e. The normalized spacial score (nSPS) is 38.7. The van der Waals surface area contributed by atoms with Gasteiger partial charge in [0.25, 0.3) is 0 Å². The van der Waals surface area contributed by atoms with Crippen molar-refractivity contribution < 1.29 is 4.79 Å². The van der Waals surface area contributed by atoms with Crippen molar-refractivity contribution in [2.24, 2.45) is 27.6 Å². The van der Waals surface area contributed by atoms with Gasteiger partial charge in [0.1, 0.15) is 6.29 Å². The summed E-state index contributed by atoms with van der Waals surface area (Å²) >= 11 is 0. The Balaban J connectivity index is 2.28. The van der Waals surface area contributed by atoms with Crippen LogP contribution in [0.2, 0.25) is 0 Å². The van der Waals surface area contributed by atoms with E-state index in [2.05, 4.69) is 41.5 Å². The highest BCUT2D eigenvalue weighted by atomic mass is 16.1. The van der Waals surface area contributed by atoms with Gasteiger partial charge in [0.2, 0.25) is 0 Å². The largest absolute Gasteiger partial charge is 0.303 e. The van der Waals surface area contributed by atoms with Crippen LogP contribution in [0, 0.1) is 27.6 Å². The summed E-state index contributed by atoms with van der Waals surface area (Å²) in [5, 5.41) is 0. The summed E-state index contributed by atoms with van der Waals surface area (Å²) in [5.74, 6) is 0.494. The molecular weight excluding hydrogens is 292 g/mol. The Hall–Kier alpha value is -0.330. The lowest BCUT2D eigenvalue weighted by atomic mass is 9.56. The van der Waals surface area contributed by atoms with E-state index in [1.807, 2.05) is 0 Å². The Morgan fingerprint density at radius 3 is 1.79 bits per heavy atom. The molecule has 2 rings (SSSR count). The van der Waals surface area contributed by atoms with Crippen molar-refractivity contribution in [2.45, 2.75) is 112 Å². The third-order valence-electron chi connectivity index (χ3n) is 8.62. The molecule has 2 aliphatic carbocycles. The third-order valence-corrected chi connectivity index (χ3v) is 8.62. The average Bonchev–Trinajstić information content (AvgIpc) is 2.62. The van der Waals surface area contributed by atoms with E-state index < -0.39 is 0 Å². The summed E-state index contributed by atoms with van der Waals surface area (Å²) in [4.78, 5) is 12.3.